The number of nitrogens with zero attached hydrogens (tertiary/aromatic N) is 3. The summed E-state index contributed by atoms with van der Waals surface area (Å²) in [5, 5.41) is 4.32. The van der Waals surface area contributed by atoms with Gasteiger partial charge in [0.25, 0.3) is 0 Å². The number of benzene rings is 1. The van der Waals surface area contributed by atoms with Crippen LogP contribution in [0, 0.1) is 5.82 Å². The van der Waals surface area contributed by atoms with Crippen molar-refractivity contribution >= 4 is 10.0 Å². The summed E-state index contributed by atoms with van der Waals surface area (Å²) in [4.78, 5) is 3.80. The van der Waals surface area contributed by atoms with Crippen LogP contribution in [0.2, 0.25) is 0 Å². The van der Waals surface area contributed by atoms with Gasteiger partial charge < -0.3 is 4.74 Å². The van der Waals surface area contributed by atoms with E-state index in [0.29, 0.717) is 12.3 Å². The predicted octanol–water partition coefficient (Wildman–Crippen LogP) is 2.50. The van der Waals surface area contributed by atoms with Gasteiger partial charge in [-0.15, -0.1) is 0 Å². The molecule has 3 rings (SSSR count). The number of sulfonamides is 1. The Kier molecular flexibility index (Phi) is 5.52. The van der Waals surface area contributed by atoms with Crippen molar-refractivity contribution in [1.29, 1.82) is 0 Å². The molecule has 0 bridgehead atoms. The largest absolute Gasteiger partial charge is 0.491 e. The molecule has 0 atom stereocenters. The van der Waals surface area contributed by atoms with Crippen LogP contribution in [0.25, 0.3) is 11.3 Å². The van der Waals surface area contributed by atoms with E-state index in [9.17, 15) is 12.8 Å². The summed E-state index contributed by atoms with van der Waals surface area (Å²) in [5.41, 5.74) is 2.29. The normalized spacial score (nSPS) is 11.5. The summed E-state index contributed by atoms with van der Waals surface area (Å²) in [6, 6.07) is 9.01. The minimum absolute atomic E-state index is 0.0168. The van der Waals surface area contributed by atoms with Gasteiger partial charge in [-0.3, -0.25) is 9.67 Å². The summed E-state index contributed by atoms with van der Waals surface area (Å²) in [6.07, 6.45) is 3.34. The molecule has 0 amide bonds. The summed E-state index contributed by atoms with van der Waals surface area (Å²) in [6.45, 7) is 2.00. The zero-order chi connectivity index (χ0) is 19.4. The third kappa shape index (κ3) is 4.32. The van der Waals surface area contributed by atoms with Gasteiger partial charge in [0.2, 0.25) is 10.0 Å². The molecule has 0 radical (unpaired) electrons. The van der Waals surface area contributed by atoms with Crippen LogP contribution < -0.4 is 9.46 Å². The minimum atomic E-state index is -3.89. The van der Waals surface area contributed by atoms with E-state index < -0.39 is 15.8 Å². The van der Waals surface area contributed by atoms with E-state index in [1.807, 2.05) is 12.1 Å². The number of pyridine rings is 1. The molecule has 9 heteroatoms. The van der Waals surface area contributed by atoms with E-state index in [1.54, 1.807) is 37.1 Å². The van der Waals surface area contributed by atoms with Crippen LogP contribution in [0.4, 0.5) is 4.39 Å². The van der Waals surface area contributed by atoms with Gasteiger partial charge in [0.05, 0.1) is 29.4 Å². The molecule has 0 aliphatic heterocycles. The van der Waals surface area contributed by atoms with Crippen molar-refractivity contribution in [1.82, 2.24) is 19.5 Å². The molecule has 0 fully saturated rings. The number of nitrogens with one attached hydrogen (secondary N) is 1. The zero-order valence-electron chi connectivity index (χ0n) is 14.9. The van der Waals surface area contributed by atoms with Crippen LogP contribution in [-0.2, 0) is 23.6 Å². The molecule has 0 unspecified atom stereocenters. The molecule has 0 spiro atoms. The van der Waals surface area contributed by atoms with Crippen molar-refractivity contribution in [2.24, 2.45) is 7.05 Å². The van der Waals surface area contributed by atoms with Crippen LogP contribution in [0.5, 0.6) is 5.75 Å². The number of halogens is 1. The number of aryl methyl sites for hydroxylation is 1. The van der Waals surface area contributed by atoms with Crippen molar-refractivity contribution in [3.05, 3.63) is 60.3 Å². The number of rotatable bonds is 7. The predicted molar refractivity (Wildman–Crippen MR) is 98.0 cm³/mol. The summed E-state index contributed by atoms with van der Waals surface area (Å²) < 4.78 is 48.0. The minimum Gasteiger partial charge on any atom is -0.491 e. The molecule has 27 heavy (non-hydrogen) atoms. The second-order valence-corrected chi connectivity index (χ2v) is 7.50. The quantitative estimate of drug-likeness (QED) is 0.670. The van der Waals surface area contributed by atoms with Gasteiger partial charge in [0.15, 0.2) is 11.6 Å². The average Bonchev–Trinajstić information content (AvgIpc) is 3.03. The lowest BCUT2D eigenvalue weighted by atomic mass is 10.2. The first-order valence-electron chi connectivity index (χ1n) is 8.26. The van der Waals surface area contributed by atoms with E-state index in [0.717, 1.165) is 17.3 Å². The molecule has 0 saturated heterocycles. The summed E-state index contributed by atoms with van der Waals surface area (Å²) >= 11 is 0. The summed E-state index contributed by atoms with van der Waals surface area (Å²) in [5.74, 6) is -0.708. The first-order chi connectivity index (χ1) is 12.9. The Labute approximate surface area is 156 Å². The molecular formula is C18H19FN4O3S. The lowest BCUT2D eigenvalue weighted by Gasteiger charge is -2.08. The first-order valence-corrected chi connectivity index (χ1v) is 9.74. The van der Waals surface area contributed by atoms with Crippen molar-refractivity contribution in [3.8, 4) is 17.0 Å². The Morgan fingerprint density at radius 1 is 1.19 bits per heavy atom. The van der Waals surface area contributed by atoms with Crippen molar-refractivity contribution in [3.63, 3.8) is 0 Å². The van der Waals surface area contributed by atoms with Crippen molar-refractivity contribution in [2.75, 3.05) is 6.61 Å². The van der Waals surface area contributed by atoms with Crippen LogP contribution >= 0.6 is 0 Å². The Morgan fingerprint density at radius 3 is 2.59 bits per heavy atom. The highest BCUT2D eigenvalue weighted by Crippen LogP contribution is 2.22. The van der Waals surface area contributed by atoms with Gasteiger partial charge in [-0.2, -0.15) is 5.10 Å². The van der Waals surface area contributed by atoms with Crippen molar-refractivity contribution < 1.29 is 17.5 Å². The number of ether oxygens (including phenoxy) is 1. The lowest BCUT2D eigenvalue weighted by Crippen LogP contribution is -2.23. The van der Waals surface area contributed by atoms with Crippen LogP contribution in [-0.4, -0.2) is 29.8 Å². The monoisotopic (exact) mass is 390 g/mol. The number of hydrogen-bond donors (Lipinski definition) is 1. The molecule has 1 aromatic carbocycles. The fourth-order valence-corrected chi connectivity index (χ4v) is 3.59. The summed E-state index contributed by atoms with van der Waals surface area (Å²) in [7, 11) is -2.11. The maximum atomic E-state index is 13.9. The number of hydrogen-bond acceptors (Lipinski definition) is 5. The second kappa shape index (κ2) is 7.85. The molecule has 0 saturated carbocycles. The molecule has 1 N–H and O–H groups in total. The maximum absolute atomic E-state index is 13.9. The van der Waals surface area contributed by atoms with Crippen LogP contribution in [0.1, 0.15) is 12.6 Å². The molecule has 142 valence electrons. The molecule has 7 nitrogen and oxygen atoms in total. The third-order valence-electron chi connectivity index (χ3n) is 3.86. The zero-order valence-corrected chi connectivity index (χ0v) is 15.7. The van der Waals surface area contributed by atoms with Gasteiger partial charge in [0.1, 0.15) is 0 Å². The van der Waals surface area contributed by atoms with Crippen molar-refractivity contribution in [2.45, 2.75) is 18.4 Å². The molecule has 0 aliphatic rings. The molecule has 3 aromatic rings. The Hall–Kier alpha value is -2.78. The molecular weight excluding hydrogens is 371 g/mol. The van der Waals surface area contributed by atoms with Gasteiger partial charge in [-0.25, -0.2) is 17.5 Å². The SMILES string of the molecule is CCOc1ccc(S(=O)(=O)NCc2cc(-c3ccncc3)n(C)n2)cc1F. The third-order valence-corrected chi connectivity index (χ3v) is 5.26. The van der Waals surface area contributed by atoms with Gasteiger partial charge >= 0.3 is 0 Å². The molecule has 2 heterocycles. The smallest absolute Gasteiger partial charge is 0.241 e. The second-order valence-electron chi connectivity index (χ2n) is 5.73. The standard InChI is InChI=1S/C18H19FN4O3S/c1-3-26-18-5-4-15(11-16(18)19)27(24,25)21-12-14-10-17(23(2)22-14)13-6-8-20-9-7-13/h4-11,21H,3,12H2,1-2H3. The van der Waals surface area contributed by atoms with Crippen LogP contribution in [0.15, 0.2) is 53.7 Å². The topological polar surface area (TPSA) is 86.1 Å². The van der Waals surface area contributed by atoms with E-state index in [1.165, 1.54) is 12.1 Å². The highest BCUT2D eigenvalue weighted by atomic mass is 32.2. The highest BCUT2D eigenvalue weighted by molar-refractivity contribution is 7.89. The molecule has 0 aliphatic carbocycles. The van der Waals surface area contributed by atoms with E-state index in [4.69, 9.17) is 4.74 Å². The highest BCUT2D eigenvalue weighted by Gasteiger charge is 2.18. The maximum Gasteiger partial charge on any atom is 0.241 e. The van der Waals surface area contributed by atoms with Gasteiger partial charge in [0, 0.05) is 25.0 Å². The van der Waals surface area contributed by atoms with E-state index in [-0.39, 0.29) is 17.2 Å². The number of aromatic nitrogens is 3. The first kappa shape index (κ1) is 19.0. The fourth-order valence-electron chi connectivity index (χ4n) is 2.58. The van der Waals surface area contributed by atoms with E-state index in [2.05, 4.69) is 14.8 Å². The Morgan fingerprint density at radius 2 is 1.93 bits per heavy atom. The Bertz CT molecular complexity index is 1040. The van der Waals surface area contributed by atoms with Crippen LogP contribution in [0.3, 0.4) is 0 Å². The lowest BCUT2D eigenvalue weighted by molar-refractivity contribution is 0.321. The molecule has 2 aromatic heterocycles. The fraction of sp³-hybridized carbons (Fsp3) is 0.222. The van der Waals surface area contributed by atoms with Gasteiger partial charge in [-0.05, 0) is 43.3 Å². The Balaban J connectivity index is 1.75. The van der Waals surface area contributed by atoms with E-state index >= 15 is 0 Å². The van der Waals surface area contributed by atoms with Gasteiger partial charge in [-0.1, -0.05) is 0 Å². The average molecular weight is 390 g/mol.